The van der Waals surface area contributed by atoms with E-state index in [4.69, 9.17) is 4.74 Å². The Labute approximate surface area is 190 Å². The van der Waals surface area contributed by atoms with Gasteiger partial charge in [-0.05, 0) is 50.6 Å². The highest BCUT2D eigenvalue weighted by Crippen LogP contribution is 2.32. The second kappa shape index (κ2) is 10.0. The van der Waals surface area contributed by atoms with Crippen molar-refractivity contribution in [2.45, 2.75) is 38.6 Å². The minimum Gasteiger partial charge on any atom is -0.379 e. The van der Waals surface area contributed by atoms with E-state index in [1.807, 2.05) is 18.5 Å². The van der Waals surface area contributed by atoms with Crippen molar-refractivity contribution in [2.75, 3.05) is 57.4 Å². The van der Waals surface area contributed by atoms with Gasteiger partial charge < -0.3 is 19.5 Å². The number of nitrogens with zero attached hydrogens (tertiary/aromatic N) is 5. The summed E-state index contributed by atoms with van der Waals surface area (Å²) in [6.45, 7) is 8.26. The predicted octanol–water partition coefficient (Wildman–Crippen LogP) is 2.41. The van der Waals surface area contributed by atoms with Crippen LogP contribution in [0.1, 0.15) is 42.6 Å². The van der Waals surface area contributed by atoms with Gasteiger partial charge in [-0.3, -0.25) is 9.69 Å². The van der Waals surface area contributed by atoms with Gasteiger partial charge in [-0.2, -0.15) is 0 Å². The van der Waals surface area contributed by atoms with E-state index >= 15 is 0 Å². The van der Waals surface area contributed by atoms with Crippen molar-refractivity contribution in [3.05, 3.63) is 30.4 Å². The van der Waals surface area contributed by atoms with Crippen LogP contribution in [-0.4, -0.2) is 77.8 Å². The fourth-order valence-corrected chi connectivity index (χ4v) is 4.56. The Hall–Kier alpha value is -2.45. The van der Waals surface area contributed by atoms with Gasteiger partial charge >= 0.3 is 0 Å². The maximum Gasteiger partial charge on any atom is 0.267 e. The molecule has 3 fully saturated rings. The van der Waals surface area contributed by atoms with Gasteiger partial charge in [0.1, 0.15) is 5.69 Å². The maximum absolute atomic E-state index is 13.0. The van der Waals surface area contributed by atoms with Crippen LogP contribution >= 0.6 is 0 Å². The molecule has 2 aromatic rings. The number of morpholine rings is 1. The molecule has 0 bridgehead atoms. The van der Waals surface area contributed by atoms with Gasteiger partial charge in [0.2, 0.25) is 5.95 Å². The molecule has 1 amide bonds. The van der Waals surface area contributed by atoms with Crippen molar-refractivity contribution in [3.63, 3.8) is 0 Å². The van der Waals surface area contributed by atoms with Crippen molar-refractivity contribution < 1.29 is 9.53 Å². The number of carbonyl (C=O) groups is 1. The summed E-state index contributed by atoms with van der Waals surface area (Å²) < 4.78 is 7.52. The molecule has 1 N–H and O–H groups in total. The predicted molar refractivity (Wildman–Crippen MR) is 124 cm³/mol. The Morgan fingerprint density at radius 1 is 1.06 bits per heavy atom. The topological polar surface area (TPSA) is 75.5 Å². The monoisotopic (exact) mass is 438 g/mol. The number of hydrogen-bond donors (Lipinski definition) is 1. The molecule has 8 nitrogen and oxygen atoms in total. The summed E-state index contributed by atoms with van der Waals surface area (Å²) >= 11 is 0. The number of aromatic nitrogens is 3. The van der Waals surface area contributed by atoms with E-state index in [-0.39, 0.29) is 5.91 Å². The van der Waals surface area contributed by atoms with E-state index in [1.54, 1.807) is 0 Å². The number of hydrogen-bond acceptors (Lipinski definition) is 6. The van der Waals surface area contributed by atoms with Gasteiger partial charge in [0.05, 0.1) is 13.2 Å². The van der Waals surface area contributed by atoms with Crippen LogP contribution in [0, 0.1) is 5.92 Å². The van der Waals surface area contributed by atoms with Crippen molar-refractivity contribution in [1.82, 2.24) is 24.8 Å². The van der Waals surface area contributed by atoms with Crippen LogP contribution in [-0.2, 0) is 11.3 Å². The molecule has 0 atom stereocenters. The zero-order valence-corrected chi connectivity index (χ0v) is 18.8. The van der Waals surface area contributed by atoms with Crippen molar-refractivity contribution in [1.29, 1.82) is 0 Å². The van der Waals surface area contributed by atoms with E-state index < -0.39 is 0 Å². The lowest BCUT2D eigenvalue weighted by molar-refractivity contribution is 0.0374. The highest BCUT2D eigenvalue weighted by atomic mass is 16.5. The minimum absolute atomic E-state index is 0.00785. The van der Waals surface area contributed by atoms with Gasteiger partial charge in [0.25, 0.3) is 5.91 Å². The van der Waals surface area contributed by atoms with Crippen LogP contribution in [0.5, 0.6) is 0 Å². The largest absolute Gasteiger partial charge is 0.379 e. The average Bonchev–Trinajstić information content (AvgIpc) is 3.30. The molecule has 4 heterocycles. The van der Waals surface area contributed by atoms with Crippen LogP contribution < -0.4 is 10.2 Å². The summed E-state index contributed by atoms with van der Waals surface area (Å²) in [7, 11) is 0. The van der Waals surface area contributed by atoms with Gasteiger partial charge in [0.15, 0.2) is 0 Å². The summed E-state index contributed by atoms with van der Waals surface area (Å²) in [5, 5.41) is 3.13. The first-order chi connectivity index (χ1) is 15.8. The molecular weight excluding hydrogens is 404 g/mol. The molecule has 3 aliphatic rings. The first-order valence-corrected chi connectivity index (χ1v) is 12.1. The second-order valence-corrected chi connectivity index (χ2v) is 9.24. The molecule has 32 heavy (non-hydrogen) atoms. The number of anilines is 1. The Morgan fingerprint density at radius 3 is 2.53 bits per heavy atom. The van der Waals surface area contributed by atoms with E-state index in [0.717, 1.165) is 81.7 Å². The smallest absolute Gasteiger partial charge is 0.267 e. The molecule has 0 radical (unpaired) electrons. The Morgan fingerprint density at radius 2 is 1.81 bits per heavy atom. The van der Waals surface area contributed by atoms with Crippen LogP contribution in [0.2, 0.25) is 0 Å². The molecule has 0 spiro atoms. The number of nitrogens with one attached hydrogen (secondary N) is 1. The number of amides is 1. The van der Waals surface area contributed by atoms with Crippen LogP contribution in [0.25, 0.3) is 11.1 Å². The first-order valence-electron chi connectivity index (χ1n) is 12.1. The Kier molecular flexibility index (Phi) is 6.69. The van der Waals surface area contributed by atoms with E-state index in [1.165, 1.54) is 25.7 Å². The maximum atomic E-state index is 13.0. The average molecular weight is 439 g/mol. The lowest BCUT2D eigenvalue weighted by atomic mass is 10.2. The normalized spacial score (nSPS) is 19.4. The highest BCUT2D eigenvalue weighted by molar-refractivity contribution is 5.94. The van der Waals surface area contributed by atoms with Crippen molar-refractivity contribution in [3.8, 4) is 11.1 Å². The van der Waals surface area contributed by atoms with Crippen molar-refractivity contribution >= 4 is 11.9 Å². The van der Waals surface area contributed by atoms with E-state index in [9.17, 15) is 4.79 Å². The molecule has 172 valence electrons. The fourth-order valence-electron chi connectivity index (χ4n) is 4.56. The molecule has 1 saturated carbocycles. The number of carbonyl (C=O) groups excluding carboxylic acids is 1. The molecule has 8 heteroatoms. The summed E-state index contributed by atoms with van der Waals surface area (Å²) in [6.07, 6.45) is 11.7. The lowest BCUT2D eigenvalue weighted by Crippen LogP contribution is -2.38. The minimum atomic E-state index is 0.00785. The lowest BCUT2D eigenvalue weighted by Gasteiger charge is -2.26. The highest BCUT2D eigenvalue weighted by Gasteiger charge is 2.25. The quantitative estimate of drug-likeness (QED) is 0.606. The van der Waals surface area contributed by atoms with Crippen molar-refractivity contribution in [2.24, 2.45) is 5.92 Å². The molecule has 0 unspecified atom stereocenters. The molecular formula is C24H34N6O2. The second-order valence-electron chi connectivity index (χ2n) is 9.24. The molecule has 2 aromatic heterocycles. The van der Waals surface area contributed by atoms with Crippen LogP contribution in [0.3, 0.4) is 0 Å². The third-order valence-electron chi connectivity index (χ3n) is 6.68. The van der Waals surface area contributed by atoms with E-state index in [2.05, 4.69) is 35.8 Å². The van der Waals surface area contributed by atoms with Gasteiger partial charge in [-0.15, -0.1) is 0 Å². The zero-order chi connectivity index (χ0) is 21.8. The fraction of sp³-hybridized carbons (Fsp3) is 0.625. The third kappa shape index (κ3) is 5.30. The third-order valence-corrected chi connectivity index (χ3v) is 6.68. The summed E-state index contributed by atoms with van der Waals surface area (Å²) in [6, 6.07) is 1.99. The Bertz CT molecular complexity index is 896. The summed E-state index contributed by atoms with van der Waals surface area (Å²) in [4.78, 5) is 26.8. The summed E-state index contributed by atoms with van der Waals surface area (Å²) in [5.74, 6) is 1.51. The molecule has 0 aromatic carbocycles. The molecule has 5 rings (SSSR count). The number of rotatable bonds is 9. The zero-order valence-electron chi connectivity index (χ0n) is 18.8. The van der Waals surface area contributed by atoms with Gasteiger partial charge in [-0.25, -0.2) is 9.97 Å². The van der Waals surface area contributed by atoms with Gasteiger partial charge in [-0.1, -0.05) is 0 Å². The standard InChI is InChI=1S/C24H34N6O2/c31-23(25-6-3-7-28-10-12-32-13-11-28)22-14-20(18-30(22)17-19-4-5-19)21-15-26-24(27-16-21)29-8-1-2-9-29/h14-16,18-19H,1-13,17H2,(H,25,31). The Balaban J connectivity index is 1.22. The molecule has 2 saturated heterocycles. The van der Waals surface area contributed by atoms with E-state index in [0.29, 0.717) is 12.5 Å². The van der Waals surface area contributed by atoms with Gasteiger partial charge in [0, 0.05) is 69.0 Å². The van der Waals surface area contributed by atoms with Crippen LogP contribution in [0.15, 0.2) is 24.7 Å². The summed E-state index contributed by atoms with van der Waals surface area (Å²) in [5.41, 5.74) is 2.71. The SMILES string of the molecule is O=C(NCCCN1CCOCC1)c1cc(-c2cnc(N3CCCC3)nc2)cn1CC1CC1. The molecule has 2 aliphatic heterocycles. The number of ether oxygens (including phenoxy) is 1. The molecule has 1 aliphatic carbocycles. The first kappa shape index (κ1) is 21.4. The van der Waals surface area contributed by atoms with Crippen LogP contribution in [0.4, 0.5) is 5.95 Å².